The molecule has 0 spiro atoms. The maximum Gasteiger partial charge on any atom is 0.297 e. The average Bonchev–Trinajstić information content (AvgIpc) is 2.57. The normalized spacial score (nSPS) is 10.3. The van der Waals surface area contributed by atoms with Crippen LogP contribution in [0.5, 0.6) is 5.75 Å². The van der Waals surface area contributed by atoms with Crippen molar-refractivity contribution < 1.29 is 24.3 Å². The number of aromatic hydroxyl groups is 1. The maximum absolute atomic E-state index is 13.1. The van der Waals surface area contributed by atoms with E-state index in [1.165, 1.54) is 30.6 Å². The van der Waals surface area contributed by atoms with Crippen LogP contribution in [0.2, 0.25) is 5.02 Å². The fraction of sp³-hybridized carbons (Fsp3) is 0.133. The molecule has 1 aromatic heterocycles. The Hall–Kier alpha value is -2.71. The van der Waals surface area contributed by atoms with Crippen LogP contribution in [0.1, 0.15) is 32.0 Å². The van der Waals surface area contributed by atoms with Gasteiger partial charge in [-0.3, -0.25) is 14.8 Å². The van der Waals surface area contributed by atoms with E-state index in [9.17, 15) is 19.1 Å². The fourth-order valence-corrected chi connectivity index (χ4v) is 2.17. The maximum atomic E-state index is 13.1. The van der Waals surface area contributed by atoms with Crippen LogP contribution in [-0.2, 0) is 6.54 Å². The fourth-order valence-electron chi connectivity index (χ4n) is 1.97. The van der Waals surface area contributed by atoms with Gasteiger partial charge in [0.25, 0.3) is 11.8 Å². The summed E-state index contributed by atoms with van der Waals surface area (Å²) in [5.41, 5.74) is 1.70. The number of hydrogen-bond donors (Lipinski definition) is 4. The Morgan fingerprint density at radius 2 is 2.04 bits per heavy atom. The van der Waals surface area contributed by atoms with Crippen LogP contribution < -0.4 is 10.8 Å². The third-order valence-electron chi connectivity index (χ3n) is 3.30. The summed E-state index contributed by atoms with van der Waals surface area (Å²) < 4.78 is 13.1. The van der Waals surface area contributed by atoms with E-state index >= 15 is 0 Å². The second-order valence-electron chi connectivity index (χ2n) is 4.87. The van der Waals surface area contributed by atoms with Crippen molar-refractivity contribution in [1.82, 2.24) is 15.8 Å². The number of amides is 2. The van der Waals surface area contributed by atoms with Gasteiger partial charge in [-0.2, -0.15) is 0 Å². The number of benzene rings is 1. The molecule has 0 saturated heterocycles. The minimum absolute atomic E-state index is 0.0511. The van der Waals surface area contributed by atoms with Crippen molar-refractivity contribution >= 4 is 23.4 Å². The smallest absolute Gasteiger partial charge is 0.297 e. The van der Waals surface area contributed by atoms with Crippen LogP contribution in [0, 0.1) is 12.7 Å². The summed E-state index contributed by atoms with van der Waals surface area (Å²) in [7, 11) is 0. The van der Waals surface area contributed by atoms with Gasteiger partial charge >= 0.3 is 0 Å². The molecular formula is C15H13ClFN3O4. The monoisotopic (exact) mass is 353 g/mol. The van der Waals surface area contributed by atoms with E-state index in [2.05, 4.69) is 10.3 Å². The highest BCUT2D eigenvalue weighted by Gasteiger charge is 2.20. The SMILES string of the molecule is Cc1c(C(=O)NCc2ccc(F)c(Cl)c2)cnc(C(=O)NO)c1O. The van der Waals surface area contributed by atoms with Gasteiger partial charge in [0.2, 0.25) is 0 Å². The predicted octanol–water partition coefficient (Wildman–Crippen LogP) is 1.94. The summed E-state index contributed by atoms with van der Waals surface area (Å²) in [6.45, 7) is 1.51. The molecule has 0 atom stereocenters. The van der Waals surface area contributed by atoms with E-state index in [4.69, 9.17) is 16.8 Å². The Labute approximate surface area is 141 Å². The summed E-state index contributed by atoms with van der Waals surface area (Å²) in [5, 5.41) is 21.0. The van der Waals surface area contributed by atoms with E-state index in [0.717, 1.165) is 6.20 Å². The Bertz CT molecular complexity index is 814. The number of pyridine rings is 1. The number of rotatable bonds is 4. The third kappa shape index (κ3) is 3.61. The predicted molar refractivity (Wildman–Crippen MR) is 82.5 cm³/mol. The zero-order chi connectivity index (χ0) is 17.9. The molecule has 126 valence electrons. The first-order valence-electron chi connectivity index (χ1n) is 6.70. The van der Waals surface area contributed by atoms with Gasteiger partial charge in [-0.05, 0) is 24.6 Å². The summed E-state index contributed by atoms with van der Waals surface area (Å²) in [4.78, 5) is 27.1. The van der Waals surface area contributed by atoms with Crippen molar-refractivity contribution in [3.05, 3.63) is 57.6 Å². The molecule has 2 amide bonds. The van der Waals surface area contributed by atoms with Gasteiger partial charge in [-0.15, -0.1) is 0 Å². The number of carbonyl (C=O) groups is 2. The van der Waals surface area contributed by atoms with Gasteiger partial charge in [0, 0.05) is 18.3 Å². The van der Waals surface area contributed by atoms with E-state index in [1.807, 2.05) is 0 Å². The Kier molecular flexibility index (Phi) is 5.32. The minimum Gasteiger partial charge on any atom is -0.505 e. The molecule has 7 nitrogen and oxygen atoms in total. The van der Waals surface area contributed by atoms with Crippen LogP contribution in [-0.4, -0.2) is 27.1 Å². The standard InChI is InChI=1S/C15H13ClFN3O4/c1-7-9(6-18-12(13(7)21)15(23)20-24)14(22)19-5-8-2-3-11(17)10(16)4-8/h2-4,6,21,24H,5H2,1H3,(H,19,22)(H,20,23). The molecule has 0 aliphatic carbocycles. The molecular weight excluding hydrogens is 341 g/mol. The van der Waals surface area contributed by atoms with Crippen LogP contribution >= 0.6 is 11.6 Å². The zero-order valence-electron chi connectivity index (χ0n) is 12.4. The highest BCUT2D eigenvalue weighted by atomic mass is 35.5. The van der Waals surface area contributed by atoms with E-state index < -0.39 is 29.1 Å². The quantitative estimate of drug-likeness (QED) is 0.496. The molecule has 24 heavy (non-hydrogen) atoms. The lowest BCUT2D eigenvalue weighted by atomic mass is 10.1. The highest BCUT2D eigenvalue weighted by molar-refractivity contribution is 6.30. The van der Waals surface area contributed by atoms with Crippen LogP contribution in [0.15, 0.2) is 24.4 Å². The molecule has 0 aliphatic heterocycles. The molecule has 0 bridgehead atoms. The highest BCUT2D eigenvalue weighted by Crippen LogP contribution is 2.23. The molecule has 4 N–H and O–H groups in total. The zero-order valence-corrected chi connectivity index (χ0v) is 13.2. The Balaban J connectivity index is 2.16. The van der Waals surface area contributed by atoms with Crippen LogP contribution in [0.25, 0.3) is 0 Å². The first-order chi connectivity index (χ1) is 11.3. The molecule has 0 unspecified atom stereocenters. The molecule has 2 rings (SSSR count). The van der Waals surface area contributed by atoms with Gasteiger partial charge in [-0.25, -0.2) is 14.9 Å². The van der Waals surface area contributed by atoms with Gasteiger partial charge < -0.3 is 10.4 Å². The van der Waals surface area contributed by atoms with Crippen molar-refractivity contribution in [2.24, 2.45) is 0 Å². The average molecular weight is 354 g/mol. The first kappa shape index (κ1) is 17.6. The molecule has 0 radical (unpaired) electrons. The van der Waals surface area contributed by atoms with Gasteiger partial charge in [0.1, 0.15) is 5.82 Å². The van der Waals surface area contributed by atoms with Crippen molar-refractivity contribution in [3.63, 3.8) is 0 Å². The van der Waals surface area contributed by atoms with E-state index in [-0.39, 0.29) is 22.7 Å². The van der Waals surface area contributed by atoms with Crippen molar-refractivity contribution in [2.45, 2.75) is 13.5 Å². The second-order valence-corrected chi connectivity index (χ2v) is 5.27. The van der Waals surface area contributed by atoms with E-state index in [0.29, 0.717) is 5.56 Å². The Morgan fingerprint density at radius 3 is 2.67 bits per heavy atom. The molecule has 0 aliphatic rings. The molecule has 1 heterocycles. The van der Waals surface area contributed by atoms with Crippen molar-refractivity contribution in [2.75, 3.05) is 0 Å². The first-order valence-corrected chi connectivity index (χ1v) is 7.08. The number of carbonyl (C=O) groups excluding carboxylic acids is 2. The summed E-state index contributed by atoms with van der Waals surface area (Å²) >= 11 is 5.66. The van der Waals surface area contributed by atoms with Gasteiger partial charge in [-0.1, -0.05) is 17.7 Å². The van der Waals surface area contributed by atoms with Crippen LogP contribution in [0.4, 0.5) is 4.39 Å². The lowest BCUT2D eigenvalue weighted by Crippen LogP contribution is -2.25. The third-order valence-corrected chi connectivity index (χ3v) is 3.59. The van der Waals surface area contributed by atoms with Crippen molar-refractivity contribution in [3.8, 4) is 5.75 Å². The molecule has 2 aromatic rings. The number of nitrogens with one attached hydrogen (secondary N) is 2. The lowest BCUT2D eigenvalue weighted by Gasteiger charge is -2.11. The number of hydroxylamine groups is 1. The number of aromatic nitrogens is 1. The largest absolute Gasteiger partial charge is 0.505 e. The summed E-state index contributed by atoms with van der Waals surface area (Å²) in [6, 6.07) is 4.04. The minimum atomic E-state index is -0.997. The van der Waals surface area contributed by atoms with Gasteiger partial charge in [0.15, 0.2) is 11.4 Å². The lowest BCUT2D eigenvalue weighted by molar-refractivity contribution is 0.0696. The molecule has 1 aromatic carbocycles. The summed E-state index contributed by atoms with van der Waals surface area (Å²) in [5.74, 6) is -2.62. The second kappa shape index (κ2) is 7.24. The number of hydrogen-bond acceptors (Lipinski definition) is 5. The number of nitrogens with zero attached hydrogens (tertiary/aromatic N) is 1. The van der Waals surface area contributed by atoms with E-state index in [1.54, 1.807) is 0 Å². The topological polar surface area (TPSA) is 112 Å². The molecule has 0 saturated carbocycles. The van der Waals surface area contributed by atoms with Crippen LogP contribution in [0.3, 0.4) is 0 Å². The Morgan fingerprint density at radius 1 is 1.33 bits per heavy atom. The van der Waals surface area contributed by atoms with Crippen molar-refractivity contribution in [1.29, 1.82) is 0 Å². The molecule has 0 fully saturated rings. The molecule has 9 heteroatoms. The van der Waals surface area contributed by atoms with Gasteiger partial charge in [0.05, 0.1) is 10.6 Å². The number of halogens is 2. The summed E-state index contributed by atoms with van der Waals surface area (Å²) in [6.07, 6.45) is 1.10.